The fourth-order valence-corrected chi connectivity index (χ4v) is 3.50. The average molecular weight is 399 g/mol. The number of halogens is 1. The molecule has 0 saturated carbocycles. The van der Waals surface area contributed by atoms with Crippen LogP contribution in [0.3, 0.4) is 0 Å². The van der Waals surface area contributed by atoms with Crippen LogP contribution in [0, 0.1) is 0 Å². The summed E-state index contributed by atoms with van der Waals surface area (Å²) < 4.78 is 2.31. The van der Waals surface area contributed by atoms with Crippen molar-refractivity contribution in [3.8, 4) is 11.3 Å². The quantitative estimate of drug-likeness (QED) is 0.735. The summed E-state index contributed by atoms with van der Waals surface area (Å²) in [5.74, 6) is -0.377. The molecule has 1 aliphatic heterocycles. The maximum atomic E-state index is 12.7. The predicted molar refractivity (Wildman–Crippen MR) is 96.9 cm³/mol. The SMILES string of the molecule is CN1C(=O)C(O)(Cn2cc(-c3ccccc3)nn2)c2cc(Br)ccc21. The maximum absolute atomic E-state index is 12.7. The summed E-state index contributed by atoms with van der Waals surface area (Å²) in [6.45, 7) is -0.000535. The molecule has 25 heavy (non-hydrogen) atoms. The standard InChI is InChI=1S/C18H15BrN4O2/c1-22-16-8-7-13(19)9-14(16)18(25,17(22)24)11-23-10-15(20-21-23)12-5-3-2-4-6-12/h2-10,25H,11H2,1H3. The van der Waals surface area contributed by atoms with Gasteiger partial charge >= 0.3 is 0 Å². The first-order valence-electron chi connectivity index (χ1n) is 7.75. The van der Waals surface area contributed by atoms with Crippen LogP contribution in [0.1, 0.15) is 5.56 Å². The normalized spacial score (nSPS) is 19.3. The molecule has 6 nitrogen and oxygen atoms in total. The van der Waals surface area contributed by atoms with Gasteiger partial charge in [-0.1, -0.05) is 51.5 Å². The molecule has 126 valence electrons. The molecule has 1 amide bonds. The van der Waals surface area contributed by atoms with Crippen LogP contribution >= 0.6 is 15.9 Å². The van der Waals surface area contributed by atoms with E-state index in [-0.39, 0.29) is 12.5 Å². The summed E-state index contributed by atoms with van der Waals surface area (Å²) in [5.41, 5.74) is 1.21. The van der Waals surface area contributed by atoms with Gasteiger partial charge in [0, 0.05) is 22.6 Å². The number of likely N-dealkylation sites (N-methyl/N-ethyl adjacent to an activating group) is 1. The van der Waals surface area contributed by atoms with Crippen LogP contribution in [0.15, 0.2) is 59.2 Å². The number of amides is 1. The number of hydrogen-bond acceptors (Lipinski definition) is 4. The highest BCUT2D eigenvalue weighted by molar-refractivity contribution is 9.10. The first-order chi connectivity index (χ1) is 12.0. The smallest absolute Gasteiger partial charge is 0.265 e. The van der Waals surface area contributed by atoms with E-state index in [1.54, 1.807) is 19.3 Å². The van der Waals surface area contributed by atoms with Gasteiger partial charge in [0.2, 0.25) is 0 Å². The molecule has 0 radical (unpaired) electrons. The fraction of sp³-hybridized carbons (Fsp3) is 0.167. The first-order valence-corrected chi connectivity index (χ1v) is 8.54. The van der Waals surface area contributed by atoms with Crippen molar-refractivity contribution in [2.24, 2.45) is 0 Å². The van der Waals surface area contributed by atoms with E-state index in [0.717, 1.165) is 10.0 Å². The molecule has 1 aliphatic rings. The molecule has 4 rings (SSSR count). The van der Waals surface area contributed by atoms with Crippen molar-refractivity contribution in [1.29, 1.82) is 0 Å². The highest BCUT2D eigenvalue weighted by Crippen LogP contribution is 2.41. The number of carbonyl (C=O) groups excluding carboxylic acids is 1. The number of rotatable bonds is 3. The zero-order valence-electron chi connectivity index (χ0n) is 13.4. The second-order valence-corrected chi connectivity index (χ2v) is 6.97. The van der Waals surface area contributed by atoms with Gasteiger partial charge in [0.05, 0.1) is 18.4 Å². The van der Waals surface area contributed by atoms with E-state index < -0.39 is 5.60 Å². The van der Waals surface area contributed by atoms with Crippen molar-refractivity contribution < 1.29 is 9.90 Å². The van der Waals surface area contributed by atoms with Crippen LogP contribution in [0.25, 0.3) is 11.3 Å². The third-order valence-corrected chi connectivity index (χ3v) is 4.92. The molecule has 0 fully saturated rings. The van der Waals surface area contributed by atoms with E-state index in [4.69, 9.17) is 0 Å². The molecule has 0 saturated heterocycles. The van der Waals surface area contributed by atoms with E-state index in [2.05, 4.69) is 26.2 Å². The maximum Gasteiger partial charge on any atom is 0.265 e. The van der Waals surface area contributed by atoms with Crippen molar-refractivity contribution in [3.05, 3.63) is 64.8 Å². The third kappa shape index (κ3) is 2.56. The Morgan fingerprint density at radius 1 is 1.20 bits per heavy atom. The third-order valence-electron chi connectivity index (χ3n) is 4.42. The van der Waals surface area contributed by atoms with E-state index in [9.17, 15) is 9.90 Å². The molecule has 3 aromatic rings. The summed E-state index contributed by atoms with van der Waals surface area (Å²) in [5, 5.41) is 19.4. The summed E-state index contributed by atoms with van der Waals surface area (Å²) in [6.07, 6.45) is 1.73. The summed E-state index contributed by atoms with van der Waals surface area (Å²) >= 11 is 3.40. The van der Waals surface area contributed by atoms with Gasteiger partial charge in [-0.2, -0.15) is 0 Å². The Morgan fingerprint density at radius 3 is 2.72 bits per heavy atom. The first kappa shape index (κ1) is 16.0. The zero-order valence-corrected chi connectivity index (χ0v) is 15.0. The summed E-state index contributed by atoms with van der Waals surface area (Å²) in [6, 6.07) is 15.1. The van der Waals surface area contributed by atoms with Crippen molar-refractivity contribution in [3.63, 3.8) is 0 Å². The Balaban J connectivity index is 1.70. The lowest BCUT2D eigenvalue weighted by atomic mass is 9.95. The molecule has 0 spiro atoms. The number of anilines is 1. The van der Waals surface area contributed by atoms with Gasteiger partial charge in [-0.25, -0.2) is 4.68 Å². The Morgan fingerprint density at radius 2 is 1.96 bits per heavy atom. The molecule has 1 N–H and O–H groups in total. The molecule has 2 heterocycles. The van der Waals surface area contributed by atoms with Crippen LogP contribution in [-0.2, 0) is 16.9 Å². The highest BCUT2D eigenvalue weighted by atomic mass is 79.9. The van der Waals surface area contributed by atoms with E-state index in [0.29, 0.717) is 16.9 Å². The van der Waals surface area contributed by atoms with Gasteiger partial charge in [-0.15, -0.1) is 5.10 Å². The Kier molecular flexibility index (Phi) is 3.70. The van der Waals surface area contributed by atoms with Crippen molar-refractivity contribution in [2.45, 2.75) is 12.1 Å². The Labute approximate surface area is 152 Å². The van der Waals surface area contributed by atoms with Crippen molar-refractivity contribution >= 4 is 27.5 Å². The molecule has 1 unspecified atom stereocenters. The van der Waals surface area contributed by atoms with E-state index >= 15 is 0 Å². The molecular weight excluding hydrogens is 384 g/mol. The average Bonchev–Trinajstić information content (AvgIpc) is 3.15. The number of benzene rings is 2. The molecule has 0 aliphatic carbocycles. The fourth-order valence-electron chi connectivity index (χ4n) is 3.14. The molecule has 7 heteroatoms. The number of aliphatic hydroxyl groups is 1. The molecule has 0 bridgehead atoms. The van der Waals surface area contributed by atoms with Gasteiger partial charge in [0.1, 0.15) is 5.69 Å². The molecular formula is C18H15BrN4O2. The molecule has 1 aromatic heterocycles. The van der Waals surface area contributed by atoms with Gasteiger partial charge < -0.3 is 10.0 Å². The monoisotopic (exact) mass is 398 g/mol. The minimum absolute atomic E-state index is 0.000535. The predicted octanol–water partition coefficient (Wildman–Crippen LogP) is 2.57. The number of fused-ring (bicyclic) bond motifs is 1. The van der Waals surface area contributed by atoms with Crippen LogP contribution in [-0.4, -0.2) is 33.1 Å². The second-order valence-electron chi connectivity index (χ2n) is 6.05. The molecule has 1 atom stereocenters. The zero-order chi connectivity index (χ0) is 17.6. The number of aromatic nitrogens is 3. The minimum Gasteiger partial charge on any atom is -0.374 e. The lowest BCUT2D eigenvalue weighted by Gasteiger charge is -2.21. The van der Waals surface area contributed by atoms with E-state index in [1.807, 2.05) is 42.5 Å². The minimum atomic E-state index is -1.67. The van der Waals surface area contributed by atoms with Gasteiger partial charge in [-0.05, 0) is 18.2 Å². The summed E-state index contributed by atoms with van der Waals surface area (Å²) in [7, 11) is 1.66. The van der Waals surface area contributed by atoms with Gasteiger partial charge in [0.15, 0.2) is 5.60 Å². The lowest BCUT2D eigenvalue weighted by molar-refractivity contribution is -0.137. The number of nitrogens with zero attached hydrogens (tertiary/aromatic N) is 4. The van der Waals surface area contributed by atoms with Crippen LogP contribution in [0.5, 0.6) is 0 Å². The van der Waals surface area contributed by atoms with Crippen molar-refractivity contribution in [2.75, 3.05) is 11.9 Å². The number of hydrogen-bond donors (Lipinski definition) is 1. The Bertz CT molecular complexity index is 957. The topological polar surface area (TPSA) is 71.2 Å². The largest absolute Gasteiger partial charge is 0.374 e. The van der Waals surface area contributed by atoms with Crippen LogP contribution in [0.4, 0.5) is 5.69 Å². The van der Waals surface area contributed by atoms with Crippen LogP contribution in [0.2, 0.25) is 0 Å². The second kappa shape index (κ2) is 5.79. The number of carbonyl (C=O) groups is 1. The highest BCUT2D eigenvalue weighted by Gasteiger charge is 2.49. The molecule has 2 aromatic carbocycles. The summed E-state index contributed by atoms with van der Waals surface area (Å²) in [4.78, 5) is 14.1. The van der Waals surface area contributed by atoms with Gasteiger partial charge in [0.25, 0.3) is 5.91 Å². The Hall–Kier alpha value is -2.51. The van der Waals surface area contributed by atoms with Gasteiger partial charge in [-0.3, -0.25) is 4.79 Å². The lowest BCUT2D eigenvalue weighted by Crippen LogP contribution is -2.42. The van der Waals surface area contributed by atoms with Crippen molar-refractivity contribution in [1.82, 2.24) is 15.0 Å². The van der Waals surface area contributed by atoms with E-state index in [1.165, 1.54) is 9.58 Å². The van der Waals surface area contributed by atoms with Crippen LogP contribution < -0.4 is 4.90 Å².